The molecule has 1 fully saturated rings. The fourth-order valence-corrected chi connectivity index (χ4v) is 2.71. The van der Waals surface area contributed by atoms with E-state index in [4.69, 9.17) is 4.74 Å². The number of anilines is 2. The zero-order chi connectivity index (χ0) is 16.8. The summed E-state index contributed by atoms with van der Waals surface area (Å²) >= 11 is 0. The molecule has 1 aliphatic rings. The first-order valence-electron chi connectivity index (χ1n) is 8.81. The summed E-state index contributed by atoms with van der Waals surface area (Å²) in [4.78, 5) is 9.30. The predicted molar refractivity (Wildman–Crippen MR) is 98.3 cm³/mol. The molecular weight excluding hydrogens is 300 g/mol. The number of nitrogens with zero attached hydrogens (tertiary/aromatic N) is 2. The Hall–Kier alpha value is -2.14. The predicted octanol–water partition coefficient (Wildman–Crippen LogP) is 3.94. The lowest BCUT2D eigenvalue weighted by Crippen LogP contribution is -2.20. The second-order valence-electron chi connectivity index (χ2n) is 6.30. The van der Waals surface area contributed by atoms with E-state index in [1.807, 2.05) is 24.3 Å². The Morgan fingerprint density at radius 1 is 1.25 bits per heavy atom. The molecule has 1 aromatic heterocycles. The largest absolute Gasteiger partial charge is 0.376 e. The molecule has 1 aromatic carbocycles. The van der Waals surface area contributed by atoms with Crippen LogP contribution in [-0.4, -0.2) is 35.3 Å². The minimum absolute atomic E-state index is 0.283. The van der Waals surface area contributed by atoms with Crippen molar-refractivity contribution < 1.29 is 4.74 Å². The molecule has 128 valence electrons. The second-order valence-corrected chi connectivity index (χ2v) is 6.30. The van der Waals surface area contributed by atoms with Crippen LogP contribution in [0.1, 0.15) is 33.1 Å². The Labute approximate surface area is 143 Å². The lowest BCUT2D eigenvalue weighted by molar-refractivity contribution is 0.120. The molecule has 2 atom stereocenters. The molecule has 0 spiro atoms. The second kappa shape index (κ2) is 8.11. The summed E-state index contributed by atoms with van der Waals surface area (Å²) in [5.41, 5.74) is 2.01. The van der Waals surface area contributed by atoms with Crippen molar-refractivity contribution in [2.45, 2.75) is 45.3 Å². The maximum absolute atomic E-state index is 5.68. The summed E-state index contributed by atoms with van der Waals surface area (Å²) in [7, 11) is 0. The van der Waals surface area contributed by atoms with Gasteiger partial charge in [0.15, 0.2) is 0 Å². The van der Waals surface area contributed by atoms with Gasteiger partial charge in [-0.2, -0.15) is 4.98 Å². The molecule has 0 bridgehead atoms. The highest BCUT2D eigenvalue weighted by Crippen LogP contribution is 2.22. The molecule has 5 heteroatoms. The van der Waals surface area contributed by atoms with E-state index in [0.717, 1.165) is 49.5 Å². The van der Waals surface area contributed by atoms with E-state index in [0.29, 0.717) is 12.0 Å². The van der Waals surface area contributed by atoms with E-state index >= 15 is 0 Å². The minimum atomic E-state index is 0.283. The number of rotatable bonds is 7. The van der Waals surface area contributed by atoms with Gasteiger partial charge in [-0.15, -0.1) is 0 Å². The van der Waals surface area contributed by atoms with Gasteiger partial charge < -0.3 is 15.4 Å². The van der Waals surface area contributed by atoms with Crippen LogP contribution in [0.5, 0.6) is 0 Å². The van der Waals surface area contributed by atoms with Crippen molar-refractivity contribution in [1.82, 2.24) is 9.97 Å². The van der Waals surface area contributed by atoms with Crippen molar-refractivity contribution in [3.63, 3.8) is 0 Å². The molecule has 0 aliphatic carbocycles. The van der Waals surface area contributed by atoms with Gasteiger partial charge in [0, 0.05) is 30.8 Å². The van der Waals surface area contributed by atoms with Crippen molar-refractivity contribution in [3.8, 4) is 11.3 Å². The Bertz CT molecular complexity index is 641. The third-order valence-electron chi connectivity index (χ3n) is 4.32. The topological polar surface area (TPSA) is 59.1 Å². The third kappa shape index (κ3) is 4.45. The average molecular weight is 326 g/mol. The molecule has 2 aromatic rings. The molecule has 2 heterocycles. The number of nitrogens with one attached hydrogen (secondary N) is 2. The van der Waals surface area contributed by atoms with E-state index in [9.17, 15) is 0 Å². The van der Waals surface area contributed by atoms with Crippen molar-refractivity contribution in [2.24, 2.45) is 0 Å². The van der Waals surface area contributed by atoms with Gasteiger partial charge >= 0.3 is 0 Å². The van der Waals surface area contributed by atoms with Crippen LogP contribution in [0, 0.1) is 0 Å². The molecule has 0 amide bonds. The Morgan fingerprint density at radius 3 is 2.79 bits per heavy atom. The Morgan fingerprint density at radius 2 is 2.08 bits per heavy atom. The summed E-state index contributed by atoms with van der Waals surface area (Å²) in [6.07, 6.45) is 3.57. The van der Waals surface area contributed by atoms with Gasteiger partial charge in [-0.25, -0.2) is 4.98 Å². The number of benzene rings is 1. The standard InChI is InChI=1S/C19H26N4O/c1-3-14(2)21-19-22-17(15-8-5-4-6-9-15)12-18(23-19)20-13-16-10-7-11-24-16/h4-6,8-9,12,14,16H,3,7,10-11,13H2,1-2H3,(H2,20,21,22,23)/t14-,16+/m1/s1. The SMILES string of the molecule is CC[C@@H](C)Nc1nc(NC[C@@H]2CCCO2)cc(-c2ccccc2)n1. The number of hydrogen-bond acceptors (Lipinski definition) is 5. The van der Waals surface area contributed by atoms with E-state index in [1.165, 1.54) is 0 Å². The molecule has 0 unspecified atom stereocenters. The van der Waals surface area contributed by atoms with Crippen LogP contribution in [0.15, 0.2) is 36.4 Å². The fraction of sp³-hybridized carbons (Fsp3) is 0.474. The van der Waals surface area contributed by atoms with Crippen molar-refractivity contribution in [1.29, 1.82) is 0 Å². The van der Waals surface area contributed by atoms with Gasteiger partial charge in [-0.3, -0.25) is 0 Å². The summed E-state index contributed by atoms with van der Waals surface area (Å²) in [6.45, 7) is 5.94. The highest BCUT2D eigenvalue weighted by molar-refractivity contribution is 5.64. The lowest BCUT2D eigenvalue weighted by atomic mass is 10.1. The van der Waals surface area contributed by atoms with E-state index < -0.39 is 0 Å². The van der Waals surface area contributed by atoms with Crippen molar-refractivity contribution in [2.75, 3.05) is 23.8 Å². The van der Waals surface area contributed by atoms with Gasteiger partial charge in [0.05, 0.1) is 11.8 Å². The zero-order valence-corrected chi connectivity index (χ0v) is 14.5. The van der Waals surface area contributed by atoms with Crippen LogP contribution in [0.2, 0.25) is 0 Å². The first-order valence-corrected chi connectivity index (χ1v) is 8.81. The zero-order valence-electron chi connectivity index (χ0n) is 14.5. The molecule has 2 N–H and O–H groups in total. The van der Waals surface area contributed by atoms with Crippen LogP contribution in [-0.2, 0) is 4.74 Å². The minimum Gasteiger partial charge on any atom is -0.376 e. The van der Waals surface area contributed by atoms with E-state index in [1.54, 1.807) is 0 Å². The molecule has 1 aliphatic heterocycles. The van der Waals surface area contributed by atoms with Gasteiger partial charge in [-0.1, -0.05) is 37.3 Å². The Kier molecular flexibility index (Phi) is 5.64. The molecule has 24 heavy (non-hydrogen) atoms. The molecule has 5 nitrogen and oxygen atoms in total. The van der Waals surface area contributed by atoms with Crippen LogP contribution in [0.3, 0.4) is 0 Å². The number of aromatic nitrogens is 2. The molecular formula is C19H26N4O. The smallest absolute Gasteiger partial charge is 0.225 e. The van der Waals surface area contributed by atoms with Crippen LogP contribution in [0.4, 0.5) is 11.8 Å². The normalized spacial score (nSPS) is 18.3. The van der Waals surface area contributed by atoms with Gasteiger partial charge in [0.1, 0.15) is 5.82 Å². The first kappa shape index (κ1) is 16.7. The molecule has 1 saturated heterocycles. The maximum atomic E-state index is 5.68. The van der Waals surface area contributed by atoms with Crippen molar-refractivity contribution in [3.05, 3.63) is 36.4 Å². The number of ether oxygens (including phenoxy) is 1. The highest BCUT2D eigenvalue weighted by Gasteiger charge is 2.16. The average Bonchev–Trinajstić information content (AvgIpc) is 3.14. The summed E-state index contributed by atoms with van der Waals surface area (Å²) < 4.78 is 5.68. The number of hydrogen-bond donors (Lipinski definition) is 2. The quantitative estimate of drug-likeness (QED) is 0.807. The molecule has 0 radical (unpaired) electrons. The van der Waals surface area contributed by atoms with Gasteiger partial charge in [0.2, 0.25) is 5.95 Å². The monoisotopic (exact) mass is 326 g/mol. The maximum Gasteiger partial charge on any atom is 0.225 e. The molecule has 3 rings (SSSR count). The van der Waals surface area contributed by atoms with E-state index in [2.05, 4.69) is 46.6 Å². The summed E-state index contributed by atoms with van der Waals surface area (Å²) in [5, 5.41) is 6.79. The van der Waals surface area contributed by atoms with Crippen LogP contribution in [0.25, 0.3) is 11.3 Å². The van der Waals surface area contributed by atoms with Crippen molar-refractivity contribution >= 4 is 11.8 Å². The van der Waals surface area contributed by atoms with Crippen LogP contribution < -0.4 is 10.6 Å². The Balaban J connectivity index is 1.81. The lowest BCUT2D eigenvalue weighted by Gasteiger charge is -2.16. The summed E-state index contributed by atoms with van der Waals surface area (Å²) in [5.74, 6) is 1.51. The fourth-order valence-electron chi connectivity index (χ4n) is 2.71. The summed E-state index contributed by atoms with van der Waals surface area (Å²) in [6, 6.07) is 12.5. The molecule has 0 saturated carbocycles. The van der Waals surface area contributed by atoms with Crippen LogP contribution >= 0.6 is 0 Å². The third-order valence-corrected chi connectivity index (χ3v) is 4.32. The highest BCUT2D eigenvalue weighted by atomic mass is 16.5. The van der Waals surface area contributed by atoms with Gasteiger partial charge in [-0.05, 0) is 26.2 Å². The first-order chi connectivity index (χ1) is 11.7. The van der Waals surface area contributed by atoms with E-state index in [-0.39, 0.29) is 6.10 Å². The van der Waals surface area contributed by atoms with Gasteiger partial charge in [0.25, 0.3) is 0 Å².